The molecule has 1 N–H and O–H groups in total. The van der Waals surface area contributed by atoms with Crippen molar-refractivity contribution in [3.8, 4) is 0 Å². The smallest absolute Gasteiger partial charge is 0.463 e. The quantitative estimate of drug-likeness (QED) is 0.0379. The van der Waals surface area contributed by atoms with Crippen LogP contribution in [0.4, 0.5) is 0 Å². The van der Waals surface area contributed by atoms with Crippen LogP contribution >= 0.6 is 7.82 Å². The van der Waals surface area contributed by atoms with E-state index in [4.69, 9.17) is 18.5 Å². The molecule has 0 bridgehead atoms. The zero-order valence-electron chi connectivity index (χ0n) is 34.7. The first-order valence-electron chi connectivity index (χ1n) is 22.0. The molecule has 0 rings (SSSR count). The summed E-state index contributed by atoms with van der Waals surface area (Å²) in [4.78, 5) is 22.7. The number of unbranched alkanes of at least 4 members (excludes halogenated alkanes) is 27. The third-order valence-electron chi connectivity index (χ3n) is 9.80. The number of phosphoric ester groups is 1. The Balaban J connectivity index is 4.18. The van der Waals surface area contributed by atoms with Gasteiger partial charge in [-0.3, -0.25) is 13.8 Å². The van der Waals surface area contributed by atoms with E-state index in [-0.39, 0.29) is 31.2 Å². The van der Waals surface area contributed by atoms with Crippen molar-refractivity contribution >= 4 is 13.8 Å². The number of carbonyl (C=O) groups excluding carboxylic acids is 1. The molecule has 0 radical (unpaired) electrons. The fourth-order valence-corrected chi connectivity index (χ4v) is 7.02. The summed E-state index contributed by atoms with van der Waals surface area (Å²) in [6.45, 7) is 11.2. The second-order valence-electron chi connectivity index (χ2n) is 16.4. The summed E-state index contributed by atoms with van der Waals surface area (Å²) in [5, 5.41) is 0. The van der Waals surface area contributed by atoms with Crippen LogP contribution in [0.3, 0.4) is 0 Å². The summed E-state index contributed by atoms with van der Waals surface area (Å²) >= 11 is 0. The minimum Gasteiger partial charge on any atom is -0.463 e. The monoisotopic (exact) mass is 747 g/mol. The summed E-state index contributed by atoms with van der Waals surface area (Å²) in [5.41, 5.74) is -0.0138. The van der Waals surface area contributed by atoms with E-state index in [0.29, 0.717) is 19.4 Å². The Morgan fingerprint density at radius 3 is 1.29 bits per heavy atom. The number of hydrogen-bond donors (Lipinski definition) is 1. The normalized spacial score (nSPS) is 13.8. The minimum absolute atomic E-state index is 0.0121. The number of rotatable bonds is 40. The maximum Gasteiger partial charge on any atom is 0.472 e. The van der Waals surface area contributed by atoms with Crippen LogP contribution in [-0.4, -0.2) is 43.4 Å². The van der Waals surface area contributed by atoms with E-state index in [9.17, 15) is 14.3 Å². The van der Waals surface area contributed by atoms with Crippen LogP contribution < -0.4 is 0 Å². The van der Waals surface area contributed by atoms with Crippen LogP contribution in [0.15, 0.2) is 0 Å². The van der Waals surface area contributed by atoms with Gasteiger partial charge in [0.05, 0.1) is 13.2 Å². The van der Waals surface area contributed by atoms with E-state index < -0.39 is 13.9 Å². The summed E-state index contributed by atoms with van der Waals surface area (Å²) in [7, 11) is -4.22. The third-order valence-corrected chi connectivity index (χ3v) is 10.8. The van der Waals surface area contributed by atoms with Gasteiger partial charge in [0.25, 0.3) is 0 Å². The Morgan fingerprint density at radius 1 is 0.529 bits per heavy atom. The first kappa shape index (κ1) is 50.5. The molecule has 0 saturated carbocycles. The summed E-state index contributed by atoms with van der Waals surface area (Å²) in [6, 6.07) is 0. The first-order chi connectivity index (χ1) is 24.6. The fraction of sp³-hybridized carbons (Fsp3) is 0.977. The highest BCUT2D eigenvalue weighted by atomic mass is 31.2. The molecule has 8 heteroatoms. The van der Waals surface area contributed by atoms with E-state index in [1.165, 1.54) is 154 Å². The Hall–Kier alpha value is -0.460. The van der Waals surface area contributed by atoms with Crippen LogP contribution in [0, 0.1) is 5.41 Å². The van der Waals surface area contributed by atoms with Gasteiger partial charge in [-0.25, -0.2) is 4.57 Å². The number of phosphoric acid groups is 1. The number of carbonyl (C=O) groups is 1. The van der Waals surface area contributed by atoms with E-state index >= 15 is 0 Å². The summed E-state index contributed by atoms with van der Waals surface area (Å²) in [6.07, 6.45) is 37.7. The Labute approximate surface area is 317 Å². The molecule has 0 aliphatic rings. The van der Waals surface area contributed by atoms with E-state index in [1.807, 2.05) is 20.8 Å². The van der Waals surface area contributed by atoms with E-state index in [2.05, 4.69) is 13.8 Å². The molecule has 0 aliphatic carbocycles. The highest BCUT2D eigenvalue weighted by molar-refractivity contribution is 7.47. The number of ether oxygens (including phenoxy) is 2. The van der Waals surface area contributed by atoms with Gasteiger partial charge in [0.1, 0.15) is 12.7 Å². The van der Waals surface area contributed by atoms with Gasteiger partial charge < -0.3 is 14.4 Å². The van der Waals surface area contributed by atoms with E-state index in [1.54, 1.807) is 0 Å². The molecule has 2 unspecified atom stereocenters. The van der Waals surface area contributed by atoms with Gasteiger partial charge in [-0.15, -0.1) is 0 Å². The highest BCUT2D eigenvalue weighted by Gasteiger charge is 2.25. The minimum atomic E-state index is -4.22. The van der Waals surface area contributed by atoms with Gasteiger partial charge in [-0.1, -0.05) is 208 Å². The molecule has 0 heterocycles. The van der Waals surface area contributed by atoms with Gasteiger partial charge in [-0.05, 0) is 24.7 Å². The molecule has 2 atom stereocenters. The topological polar surface area (TPSA) is 91.3 Å². The van der Waals surface area contributed by atoms with Crippen LogP contribution in [0.5, 0.6) is 0 Å². The second kappa shape index (κ2) is 36.5. The number of esters is 1. The summed E-state index contributed by atoms with van der Waals surface area (Å²) in [5.74, 6) is -0.247. The lowest BCUT2D eigenvalue weighted by molar-refractivity contribution is -0.149. The predicted octanol–water partition coefficient (Wildman–Crippen LogP) is 14.2. The van der Waals surface area contributed by atoms with Crippen LogP contribution in [0.25, 0.3) is 0 Å². The molecule has 0 saturated heterocycles. The molecular formula is C43H87O7P. The zero-order valence-corrected chi connectivity index (χ0v) is 35.6. The van der Waals surface area contributed by atoms with Crippen LogP contribution in [0.1, 0.15) is 234 Å². The molecule has 0 amide bonds. The molecule has 306 valence electrons. The SMILES string of the molecule is CCCCCCCCCCCCCCCCCC(=O)OCC(COP(=O)(O)OCCC(C)(C)C)OCCCCCCCCCCCCCCCC. The van der Waals surface area contributed by atoms with Crippen molar-refractivity contribution in [2.45, 2.75) is 240 Å². The highest BCUT2D eigenvalue weighted by Crippen LogP contribution is 2.44. The average Bonchev–Trinajstić information content (AvgIpc) is 3.08. The predicted molar refractivity (Wildman–Crippen MR) is 216 cm³/mol. The fourth-order valence-electron chi connectivity index (χ4n) is 6.27. The maximum atomic E-state index is 12.5. The molecule has 7 nitrogen and oxygen atoms in total. The van der Waals surface area contributed by atoms with Gasteiger partial charge in [-0.2, -0.15) is 0 Å². The lowest BCUT2D eigenvalue weighted by Gasteiger charge is -2.21. The van der Waals surface area contributed by atoms with Crippen molar-refractivity contribution in [3.05, 3.63) is 0 Å². The maximum absolute atomic E-state index is 12.5. The molecule has 0 aromatic carbocycles. The van der Waals surface area contributed by atoms with E-state index in [0.717, 1.165) is 32.1 Å². The average molecular weight is 747 g/mol. The first-order valence-corrected chi connectivity index (χ1v) is 23.5. The molecule has 0 aromatic heterocycles. The molecule has 0 aliphatic heterocycles. The Bertz CT molecular complexity index is 785. The van der Waals surface area contributed by atoms with Crippen LogP contribution in [-0.2, 0) is 27.9 Å². The molecular weight excluding hydrogens is 659 g/mol. The molecule has 0 spiro atoms. The van der Waals surface area contributed by atoms with Crippen molar-refractivity contribution in [2.75, 3.05) is 26.4 Å². The third kappa shape index (κ3) is 40.6. The lowest BCUT2D eigenvalue weighted by atomic mass is 9.93. The standard InChI is InChI=1S/C43H87O7P/c1-6-8-10-12-14-16-18-20-22-23-25-27-29-31-33-35-42(44)48-39-41(40-50-51(45,46)49-38-36-43(3,4)5)47-37-34-32-30-28-26-24-21-19-17-15-13-11-9-7-2/h41H,6-40H2,1-5H3,(H,45,46). The van der Waals surface area contributed by atoms with Gasteiger partial charge in [0, 0.05) is 13.0 Å². The van der Waals surface area contributed by atoms with Crippen molar-refractivity contribution in [3.63, 3.8) is 0 Å². The molecule has 51 heavy (non-hydrogen) atoms. The lowest BCUT2D eigenvalue weighted by Crippen LogP contribution is -2.27. The van der Waals surface area contributed by atoms with Gasteiger partial charge in [0.2, 0.25) is 0 Å². The van der Waals surface area contributed by atoms with Crippen molar-refractivity contribution < 1.29 is 32.8 Å². The van der Waals surface area contributed by atoms with Crippen LogP contribution in [0.2, 0.25) is 0 Å². The molecule has 0 aromatic rings. The van der Waals surface area contributed by atoms with Crippen molar-refractivity contribution in [1.82, 2.24) is 0 Å². The largest absolute Gasteiger partial charge is 0.472 e. The zero-order chi connectivity index (χ0) is 37.7. The summed E-state index contributed by atoms with van der Waals surface area (Å²) < 4.78 is 34.5. The van der Waals surface area contributed by atoms with Crippen molar-refractivity contribution in [1.29, 1.82) is 0 Å². The Morgan fingerprint density at radius 2 is 0.902 bits per heavy atom. The molecule has 0 fully saturated rings. The van der Waals surface area contributed by atoms with Gasteiger partial charge in [0.15, 0.2) is 0 Å². The second-order valence-corrected chi connectivity index (χ2v) is 17.8. The van der Waals surface area contributed by atoms with Crippen molar-refractivity contribution in [2.24, 2.45) is 5.41 Å². The Kier molecular flexibility index (Phi) is 36.2. The van der Waals surface area contributed by atoms with Gasteiger partial charge >= 0.3 is 13.8 Å². The number of hydrogen-bond acceptors (Lipinski definition) is 6.